The molecule has 1 unspecified atom stereocenters. The maximum absolute atomic E-state index is 5.29. The summed E-state index contributed by atoms with van der Waals surface area (Å²) in [4.78, 5) is 0. The first-order valence-electron chi connectivity index (χ1n) is 4.98. The monoisotopic (exact) mass is 191 g/mol. The average molecular weight is 191 g/mol. The molecule has 2 heteroatoms. The second kappa shape index (κ2) is 2.99. The maximum Gasteiger partial charge on any atom is 0.122 e. The fraction of sp³-hybridized carbons (Fsp3) is 0.500. The Morgan fingerprint density at radius 1 is 1.29 bits per heavy atom. The Labute approximate surface area is 85.3 Å². The molecular formula is C12H17NO. The van der Waals surface area contributed by atoms with Gasteiger partial charge in [0.1, 0.15) is 5.75 Å². The Hall–Kier alpha value is -1.02. The van der Waals surface area contributed by atoms with E-state index in [-0.39, 0.29) is 5.54 Å². The van der Waals surface area contributed by atoms with E-state index < -0.39 is 0 Å². The topological polar surface area (TPSA) is 31.2 Å². The van der Waals surface area contributed by atoms with E-state index in [2.05, 4.69) is 38.2 Å². The highest BCUT2D eigenvalue weighted by molar-refractivity contribution is 5.48. The van der Waals surface area contributed by atoms with Gasteiger partial charge in [-0.1, -0.05) is 6.07 Å². The minimum atomic E-state index is 0.209. The molecule has 1 N–H and O–H groups in total. The van der Waals surface area contributed by atoms with Crippen molar-refractivity contribution in [1.29, 1.82) is 0 Å². The van der Waals surface area contributed by atoms with E-state index in [1.807, 2.05) is 0 Å². The summed E-state index contributed by atoms with van der Waals surface area (Å²) in [5, 5.41) is 3.39. The maximum atomic E-state index is 5.29. The fourth-order valence-electron chi connectivity index (χ4n) is 1.94. The van der Waals surface area contributed by atoms with Gasteiger partial charge in [-0.15, -0.1) is 0 Å². The van der Waals surface area contributed by atoms with Gasteiger partial charge < -0.3 is 10.1 Å². The molecule has 2 rings (SSSR count). The number of rotatable bonds is 2. The molecule has 1 aliphatic heterocycles. The minimum Gasteiger partial charge on any atom is -0.496 e. The van der Waals surface area contributed by atoms with Crippen molar-refractivity contribution in [1.82, 2.24) is 5.32 Å². The number of nitrogens with one attached hydrogen (secondary N) is 1. The van der Waals surface area contributed by atoms with Gasteiger partial charge in [-0.3, -0.25) is 0 Å². The van der Waals surface area contributed by atoms with E-state index in [9.17, 15) is 0 Å². The third-order valence-corrected chi connectivity index (χ3v) is 3.26. The standard InChI is InChI=1S/C12H17NO/c1-8-9(2)11(14-4)6-5-10(8)12(3)7-13-12/h5-6,13H,7H2,1-4H3. The summed E-state index contributed by atoms with van der Waals surface area (Å²) in [7, 11) is 1.72. The molecule has 0 amide bonds. The van der Waals surface area contributed by atoms with Crippen molar-refractivity contribution in [3.8, 4) is 5.75 Å². The predicted molar refractivity (Wildman–Crippen MR) is 57.8 cm³/mol. The summed E-state index contributed by atoms with van der Waals surface area (Å²) in [6.45, 7) is 7.60. The fourth-order valence-corrected chi connectivity index (χ4v) is 1.94. The van der Waals surface area contributed by atoms with Crippen molar-refractivity contribution in [2.45, 2.75) is 26.3 Å². The molecule has 76 valence electrons. The van der Waals surface area contributed by atoms with Crippen LogP contribution in [0.4, 0.5) is 0 Å². The van der Waals surface area contributed by atoms with Crippen LogP contribution < -0.4 is 10.1 Å². The van der Waals surface area contributed by atoms with Gasteiger partial charge in [0.25, 0.3) is 0 Å². The molecule has 1 aliphatic rings. The molecule has 1 fully saturated rings. The first kappa shape index (κ1) is 9.53. The largest absolute Gasteiger partial charge is 0.496 e. The first-order chi connectivity index (χ1) is 6.58. The van der Waals surface area contributed by atoms with Crippen LogP contribution in [-0.4, -0.2) is 13.7 Å². The Kier molecular flexibility index (Phi) is 2.04. The SMILES string of the molecule is COc1ccc(C2(C)CN2)c(C)c1C. The molecular weight excluding hydrogens is 174 g/mol. The summed E-state index contributed by atoms with van der Waals surface area (Å²) < 4.78 is 5.29. The molecule has 2 nitrogen and oxygen atoms in total. The molecule has 1 saturated heterocycles. The predicted octanol–water partition coefficient (Wildman–Crippen LogP) is 2.13. The summed E-state index contributed by atoms with van der Waals surface area (Å²) in [6, 6.07) is 4.23. The lowest BCUT2D eigenvalue weighted by Gasteiger charge is -2.15. The summed E-state index contributed by atoms with van der Waals surface area (Å²) in [6.07, 6.45) is 0. The number of benzene rings is 1. The number of hydrogen-bond donors (Lipinski definition) is 1. The van der Waals surface area contributed by atoms with Crippen LogP contribution in [0.5, 0.6) is 5.75 Å². The summed E-state index contributed by atoms with van der Waals surface area (Å²) >= 11 is 0. The molecule has 0 aliphatic carbocycles. The molecule has 0 saturated carbocycles. The zero-order chi connectivity index (χ0) is 10.3. The Morgan fingerprint density at radius 2 is 1.93 bits per heavy atom. The summed E-state index contributed by atoms with van der Waals surface area (Å²) in [5.41, 5.74) is 4.20. The van der Waals surface area contributed by atoms with Crippen molar-refractivity contribution in [3.05, 3.63) is 28.8 Å². The van der Waals surface area contributed by atoms with Crippen molar-refractivity contribution in [2.75, 3.05) is 13.7 Å². The second-order valence-electron chi connectivity index (χ2n) is 4.25. The van der Waals surface area contributed by atoms with Crippen molar-refractivity contribution in [3.63, 3.8) is 0 Å². The molecule has 1 heterocycles. The van der Waals surface area contributed by atoms with E-state index >= 15 is 0 Å². The highest BCUT2D eigenvalue weighted by atomic mass is 16.5. The van der Waals surface area contributed by atoms with Gasteiger partial charge >= 0.3 is 0 Å². The minimum absolute atomic E-state index is 0.209. The van der Waals surface area contributed by atoms with Gasteiger partial charge in [-0.2, -0.15) is 0 Å². The van der Waals surface area contributed by atoms with Gasteiger partial charge in [0.05, 0.1) is 12.6 Å². The zero-order valence-corrected chi connectivity index (χ0v) is 9.27. The average Bonchev–Trinajstić information content (AvgIpc) is 2.89. The Bertz CT molecular complexity index is 367. The van der Waals surface area contributed by atoms with E-state index in [0.717, 1.165) is 12.3 Å². The van der Waals surface area contributed by atoms with Gasteiger partial charge in [0, 0.05) is 6.54 Å². The van der Waals surface area contributed by atoms with Crippen molar-refractivity contribution >= 4 is 0 Å². The molecule has 0 spiro atoms. The third-order valence-electron chi connectivity index (χ3n) is 3.26. The van der Waals surface area contributed by atoms with Crippen LogP contribution in [0.15, 0.2) is 12.1 Å². The lowest BCUT2D eigenvalue weighted by Crippen LogP contribution is -2.10. The van der Waals surface area contributed by atoms with E-state index in [1.54, 1.807) is 7.11 Å². The van der Waals surface area contributed by atoms with Crippen LogP contribution in [0.25, 0.3) is 0 Å². The molecule has 0 radical (unpaired) electrons. The van der Waals surface area contributed by atoms with E-state index in [1.165, 1.54) is 16.7 Å². The molecule has 1 aromatic rings. The van der Waals surface area contributed by atoms with Crippen molar-refractivity contribution in [2.24, 2.45) is 0 Å². The zero-order valence-electron chi connectivity index (χ0n) is 9.27. The van der Waals surface area contributed by atoms with Crippen LogP contribution in [0.2, 0.25) is 0 Å². The van der Waals surface area contributed by atoms with Gasteiger partial charge in [-0.25, -0.2) is 0 Å². The Morgan fingerprint density at radius 3 is 2.43 bits per heavy atom. The number of methoxy groups -OCH3 is 1. The number of hydrogen-bond acceptors (Lipinski definition) is 2. The second-order valence-corrected chi connectivity index (χ2v) is 4.25. The molecule has 1 aromatic carbocycles. The third kappa shape index (κ3) is 1.30. The number of ether oxygens (including phenoxy) is 1. The lowest BCUT2D eigenvalue weighted by molar-refractivity contribution is 0.411. The van der Waals surface area contributed by atoms with Crippen LogP contribution in [-0.2, 0) is 5.54 Å². The highest BCUT2D eigenvalue weighted by Gasteiger charge is 2.39. The lowest BCUT2D eigenvalue weighted by atomic mass is 9.93. The smallest absolute Gasteiger partial charge is 0.122 e. The van der Waals surface area contributed by atoms with Gasteiger partial charge in [0.2, 0.25) is 0 Å². The van der Waals surface area contributed by atoms with Crippen molar-refractivity contribution < 1.29 is 4.74 Å². The molecule has 0 aromatic heterocycles. The van der Waals surface area contributed by atoms with E-state index in [0.29, 0.717) is 0 Å². The Balaban J connectivity index is 2.49. The van der Waals surface area contributed by atoms with E-state index in [4.69, 9.17) is 4.74 Å². The quantitative estimate of drug-likeness (QED) is 0.726. The van der Waals surface area contributed by atoms with Crippen LogP contribution in [0, 0.1) is 13.8 Å². The van der Waals surface area contributed by atoms with Gasteiger partial charge in [-0.05, 0) is 43.5 Å². The van der Waals surface area contributed by atoms with Crippen LogP contribution in [0.1, 0.15) is 23.6 Å². The first-order valence-corrected chi connectivity index (χ1v) is 4.98. The van der Waals surface area contributed by atoms with Gasteiger partial charge in [0.15, 0.2) is 0 Å². The molecule has 0 bridgehead atoms. The van der Waals surface area contributed by atoms with Crippen LogP contribution in [0.3, 0.4) is 0 Å². The summed E-state index contributed by atoms with van der Waals surface area (Å²) in [5.74, 6) is 0.982. The highest BCUT2D eigenvalue weighted by Crippen LogP contribution is 2.35. The molecule has 1 atom stereocenters. The van der Waals surface area contributed by atoms with Crippen LogP contribution >= 0.6 is 0 Å². The normalized spacial score (nSPS) is 24.9. The molecule has 14 heavy (non-hydrogen) atoms.